The van der Waals surface area contributed by atoms with Gasteiger partial charge in [-0.25, -0.2) is 0 Å². The summed E-state index contributed by atoms with van der Waals surface area (Å²) in [5.41, 5.74) is 2.07. The molecule has 0 amide bonds. The zero-order chi connectivity index (χ0) is 13.7. The molecule has 1 N–H and O–H groups in total. The van der Waals surface area contributed by atoms with E-state index in [1.807, 2.05) is 41.1 Å². The van der Waals surface area contributed by atoms with Crippen molar-refractivity contribution in [2.45, 2.75) is 12.8 Å². The standard InChI is InChI=1S/C15H16O3S/c1-18-14-4-2-3-11(9-14)7-13(15(16)17)8-12-5-6-19-10-12/h2-6,9-10,13H,7-8H2,1H3,(H,16,17). The second-order valence-electron chi connectivity index (χ2n) is 4.43. The number of benzene rings is 1. The number of carbonyl (C=O) groups is 1. The quantitative estimate of drug-likeness (QED) is 0.881. The van der Waals surface area contributed by atoms with Gasteiger partial charge in [0.2, 0.25) is 0 Å². The Morgan fingerprint density at radius 2 is 2.11 bits per heavy atom. The van der Waals surface area contributed by atoms with Crippen molar-refractivity contribution >= 4 is 17.3 Å². The molecule has 0 aliphatic rings. The highest BCUT2D eigenvalue weighted by molar-refractivity contribution is 7.07. The lowest BCUT2D eigenvalue weighted by molar-refractivity contribution is -0.141. The summed E-state index contributed by atoms with van der Waals surface area (Å²) < 4.78 is 5.16. The van der Waals surface area contributed by atoms with Crippen LogP contribution in [0.4, 0.5) is 0 Å². The van der Waals surface area contributed by atoms with Crippen molar-refractivity contribution in [2.75, 3.05) is 7.11 Å². The number of hydrogen-bond acceptors (Lipinski definition) is 3. The van der Waals surface area contributed by atoms with Crippen LogP contribution in [0.5, 0.6) is 5.75 Å². The van der Waals surface area contributed by atoms with Crippen molar-refractivity contribution in [3.63, 3.8) is 0 Å². The van der Waals surface area contributed by atoms with Crippen LogP contribution in [0.25, 0.3) is 0 Å². The van der Waals surface area contributed by atoms with Gasteiger partial charge in [0.15, 0.2) is 0 Å². The lowest BCUT2D eigenvalue weighted by Gasteiger charge is -2.12. The van der Waals surface area contributed by atoms with Gasteiger partial charge >= 0.3 is 5.97 Å². The van der Waals surface area contributed by atoms with Crippen molar-refractivity contribution in [2.24, 2.45) is 5.92 Å². The molecule has 0 aliphatic heterocycles. The van der Waals surface area contributed by atoms with Crippen molar-refractivity contribution in [1.29, 1.82) is 0 Å². The molecule has 3 nitrogen and oxygen atoms in total. The maximum atomic E-state index is 11.4. The van der Waals surface area contributed by atoms with Gasteiger partial charge in [-0.05, 0) is 52.9 Å². The highest BCUT2D eigenvalue weighted by atomic mass is 32.1. The minimum atomic E-state index is -0.756. The van der Waals surface area contributed by atoms with E-state index in [2.05, 4.69) is 0 Å². The first-order valence-electron chi connectivity index (χ1n) is 6.06. The van der Waals surface area contributed by atoms with Crippen LogP contribution in [0, 0.1) is 5.92 Å². The summed E-state index contributed by atoms with van der Waals surface area (Å²) in [5.74, 6) is -0.395. The van der Waals surface area contributed by atoms with Crippen molar-refractivity contribution in [1.82, 2.24) is 0 Å². The Balaban J connectivity index is 2.09. The zero-order valence-corrected chi connectivity index (χ0v) is 11.5. The molecular weight excluding hydrogens is 260 g/mol. The Hall–Kier alpha value is -1.81. The highest BCUT2D eigenvalue weighted by Crippen LogP contribution is 2.20. The van der Waals surface area contributed by atoms with Crippen molar-refractivity contribution < 1.29 is 14.6 Å². The van der Waals surface area contributed by atoms with Gasteiger partial charge in [0.1, 0.15) is 5.75 Å². The summed E-state index contributed by atoms with van der Waals surface area (Å²) in [6, 6.07) is 9.55. The van der Waals surface area contributed by atoms with E-state index in [1.165, 1.54) is 0 Å². The Morgan fingerprint density at radius 1 is 1.32 bits per heavy atom. The van der Waals surface area contributed by atoms with Gasteiger partial charge in [-0.15, -0.1) is 0 Å². The number of rotatable bonds is 6. The van der Waals surface area contributed by atoms with Crippen LogP contribution in [-0.2, 0) is 17.6 Å². The fourth-order valence-corrected chi connectivity index (χ4v) is 2.71. The summed E-state index contributed by atoms with van der Waals surface area (Å²) in [6.45, 7) is 0. The highest BCUT2D eigenvalue weighted by Gasteiger charge is 2.19. The number of aliphatic carboxylic acids is 1. The lowest BCUT2D eigenvalue weighted by Crippen LogP contribution is -2.18. The van der Waals surface area contributed by atoms with Gasteiger partial charge in [-0.3, -0.25) is 4.79 Å². The fraction of sp³-hybridized carbons (Fsp3) is 0.267. The topological polar surface area (TPSA) is 46.5 Å². The Kier molecular flexibility index (Phi) is 4.58. The first kappa shape index (κ1) is 13.6. The van der Waals surface area contributed by atoms with Gasteiger partial charge in [-0.2, -0.15) is 11.3 Å². The van der Waals surface area contributed by atoms with Crippen LogP contribution < -0.4 is 4.74 Å². The van der Waals surface area contributed by atoms with Crippen LogP contribution in [-0.4, -0.2) is 18.2 Å². The maximum Gasteiger partial charge on any atom is 0.307 e. The summed E-state index contributed by atoms with van der Waals surface area (Å²) in [5, 5.41) is 13.3. The van der Waals surface area contributed by atoms with Crippen LogP contribution >= 0.6 is 11.3 Å². The van der Waals surface area contributed by atoms with Gasteiger partial charge in [0, 0.05) is 0 Å². The van der Waals surface area contributed by atoms with Gasteiger partial charge in [0.05, 0.1) is 13.0 Å². The molecule has 0 spiro atoms. The van der Waals surface area contributed by atoms with E-state index in [4.69, 9.17) is 4.74 Å². The molecule has 1 heterocycles. The third kappa shape index (κ3) is 3.83. The van der Waals surface area contributed by atoms with E-state index >= 15 is 0 Å². The first-order valence-corrected chi connectivity index (χ1v) is 7.00. The van der Waals surface area contributed by atoms with Gasteiger partial charge in [0.25, 0.3) is 0 Å². The van der Waals surface area contributed by atoms with Crippen LogP contribution in [0.2, 0.25) is 0 Å². The number of ether oxygens (including phenoxy) is 1. The Bertz CT molecular complexity index is 534. The van der Waals surface area contributed by atoms with Crippen LogP contribution in [0.3, 0.4) is 0 Å². The van der Waals surface area contributed by atoms with E-state index in [-0.39, 0.29) is 0 Å². The molecule has 0 saturated carbocycles. The molecule has 0 radical (unpaired) electrons. The molecule has 2 rings (SSSR count). The molecule has 0 bridgehead atoms. The van der Waals surface area contributed by atoms with E-state index in [9.17, 15) is 9.90 Å². The van der Waals surface area contributed by atoms with Crippen LogP contribution in [0.15, 0.2) is 41.1 Å². The van der Waals surface area contributed by atoms with E-state index in [0.29, 0.717) is 12.8 Å². The normalized spacial score (nSPS) is 12.1. The summed E-state index contributed by atoms with van der Waals surface area (Å²) in [7, 11) is 1.61. The molecule has 0 fully saturated rings. The predicted octanol–water partition coefficient (Wildman–Crippen LogP) is 3.24. The van der Waals surface area contributed by atoms with Crippen molar-refractivity contribution in [3.8, 4) is 5.75 Å². The molecule has 0 aliphatic carbocycles. The fourth-order valence-electron chi connectivity index (χ4n) is 2.02. The third-order valence-electron chi connectivity index (χ3n) is 3.03. The molecule has 0 saturated heterocycles. The second kappa shape index (κ2) is 6.38. The molecule has 1 unspecified atom stereocenters. The summed E-state index contributed by atoms with van der Waals surface area (Å²) >= 11 is 1.59. The molecule has 19 heavy (non-hydrogen) atoms. The zero-order valence-electron chi connectivity index (χ0n) is 10.7. The van der Waals surface area contributed by atoms with E-state index < -0.39 is 11.9 Å². The molecule has 4 heteroatoms. The summed E-state index contributed by atoms with van der Waals surface area (Å²) in [6.07, 6.45) is 1.08. The molecule has 2 aromatic rings. The largest absolute Gasteiger partial charge is 0.497 e. The second-order valence-corrected chi connectivity index (χ2v) is 5.21. The minimum Gasteiger partial charge on any atom is -0.497 e. The van der Waals surface area contributed by atoms with E-state index in [1.54, 1.807) is 18.4 Å². The average molecular weight is 276 g/mol. The molecule has 100 valence electrons. The summed E-state index contributed by atoms with van der Waals surface area (Å²) in [4.78, 5) is 11.4. The average Bonchev–Trinajstić information content (AvgIpc) is 2.91. The van der Waals surface area contributed by atoms with Crippen molar-refractivity contribution in [3.05, 3.63) is 52.2 Å². The molecular formula is C15H16O3S. The van der Waals surface area contributed by atoms with Crippen LogP contribution in [0.1, 0.15) is 11.1 Å². The maximum absolute atomic E-state index is 11.4. The Labute approximate surface area is 116 Å². The monoisotopic (exact) mass is 276 g/mol. The first-order chi connectivity index (χ1) is 9.19. The lowest BCUT2D eigenvalue weighted by atomic mass is 9.94. The SMILES string of the molecule is COc1cccc(CC(Cc2ccsc2)C(=O)O)c1. The van der Waals surface area contributed by atoms with Gasteiger partial charge < -0.3 is 9.84 Å². The van der Waals surface area contributed by atoms with E-state index in [0.717, 1.165) is 16.9 Å². The number of carboxylic acid groups (broad SMARTS) is 1. The molecule has 1 atom stereocenters. The molecule has 1 aromatic carbocycles. The smallest absolute Gasteiger partial charge is 0.307 e. The number of hydrogen-bond donors (Lipinski definition) is 1. The number of thiophene rings is 1. The minimum absolute atomic E-state index is 0.401. The number of carboxylic acids is 1. The Morgan fingerprint density at radius 3 is 2.74 bits per heavy atom. The number of methoxy groups -OCH3 is 1. The van der Waals surface area contributed by atoms with Gasteiger partial charge in [-0.1, -0.05) is 12.1 Å². The predicted molar refractivity (Wildman–Crippen MR) is 75.8 cm³/mol. The third-order valence-corrected chi connectivity index (χ3v) is 3.76. The molecule has 1 aromatic heterocycles.